The van der Waals surface area contributed by atoms with E-state index in [0.717, 1.165) is 28.2 Å². The number of methoxy groups -OCH3 is 1. The van der Waals surface area contributed by atoms with Crippen LogP contribution in [0.3, 0.4) is 0 Å². The van der Waals surface area contributed by atoms with Crippen molar-refractivity contribution in [2.45, 2.75) is 57.8 Å². The number of hydrogen-bond donors (Lipinski definition) is 1. The molecule has 4 rings (SSSR count). The Morgan fingerprint density at radius 1 is 0.814 bits per heavy atom. The number of aliphatic hydroxyl groups excluding tert-OH is 1. The maximum absolute atomic E-state index is 12.5. The first-order valence-corrected chi connectivity index (χ1v) is 15.1. The third-order valence-corrected chi connectivity index (χ3v) is 8.17. The summed E-state index contributed by atoms with van der Waals surface area (Å²) in [5.41, 5.74) is 5.02. The van der Waals surface area contributed by atoms with Crippen LogP contribution in [0.15, 0.2) is 91.0 Å². The molecule has 1 fully saturated rings. The minimum Gasteiger partial charge on any atom is -0.423 e. The lowest BCUT2D eigenvalue weighted by Gasteiger charge is -2.29. The first-order chi connectivity index (χ1) is 20.8. The van der Waals surface area contributed by atoms with E-state index in [1.54, 1.807) is 18.2 Å². The Hall–Kier alpha value is -4.00. The van der Waals surface area contributed by atoms with Gasteiger partial charge >= 0.3 is 11.9 Å². The van der Waals surface area contributed by atoms with Crippen LogP contribution in [0.4, 0.5) is 0 Å². The maximum Gasteiger partial charge on any atom is 0.341 e. The van der Waals surface area contributed by atoms with Crippen LogP contribution in [-0.2, 0) is 14.3 Å². The van der Waals surface area contributed by atoms with Gasteiger partial charge in [0.2, 0.25) is 0 Å². The van der Waals surface area contributed by atoms with Crippen molar-refractivity contribution in [2.75, 3.05) is 20.3 Å². The van der Waals surface area contributed by atoms with Crippen LogP contribution < -0.4 is 9.47 Å². The number of rotatable bonds is 13. The molecule has 0 aliphatic heterocycles. The molecular weight excluding hydrogens is 540 g/mol. The topological polar surface area (TPSA) is 82.1 Å². The van der Waals surface area contributed by atoms with Gasteiger partial charge in [0.15, 0.2) is 0 Å². The molecule has 0 radical (unpaired) electrons. The van der Waals surface area contributed by atoms with Crippen LogP contribution in [0.5, 0.6) is 11.5 Å². The fraction of sp³-hybridized carbons (Fsp3) is 0.351. The zero-order valence-electron chi connectivity index (χ0n) is 25.3. The highest BCUT2D eigenvalue weighted by Gasteiger charge is 2.22. The molecule has 0 bridgehead atoms. The second-order valence-electron chi connectivity index (χ2n) is 11.3. The summed E-state index contributed by atoms with van der Waals surface area (Å²) < 4.78 is 16.0. The third kappa shape index (κ3) is 8.53. The SMILES string of the molecule is C=C(COC)C(=O)Oc1ccc(-c2ccc(OC(=O)C(=C)CO)c(-c3ccc(C4CCC(CCCC)CC4)cc3)c2)cc1. The lowest BCUT2D eigenvalue weighted by molar-refractivity contribution is -0.131. The first kappa shape index (κ1) is 31.9. The molecule has 43 heavy (non-hydrogen) atoms. The molecule has 3 aromatic carbocycles. The molecule has 0 spiro atoms. The number of hydrogen-bond acceptors (Lipinski definition) is 6. The fourth-order valence-corrected chi connectivity index (χ4v) is 5.60. The molecule has 1 aliphatic carbocycles. The van der Waals surface area contributed by atoms with Gasteiger partial charge in [-0.3, -0.25) is 0 Å². The molecule has 0 atom stereocenters. The van der Waals surface area contributed by atoms with Crippen molar-refractivity contribution in [2.24, 2.45) is 5.92 Å². The number of carbonyl (C=O) groups excluding carboxylic acids is 2. The van der Waals surface area contributed by atoms with Gasteiger partial charge in [0.05, 0.1) is 24.4 Å². The Kier molecular flexibility index (Phi) is 11.5. The highest BCUT2D eigenvalue weighted by molar-refractivity contribution is 5.92. The summed E-state index contributed by atoms with van der Waals surface area (Å²) in [6.07, 6.45) is 8.97. The van der Waals surface area contributed by atoms with Crippen molar-refractivity contribution in [1.82, 2.24) is 0 Å². The van der Waals surface area contributed by atoms with E-state index in [1.807, 2.05) is 24.3 Å². The summed E-state index contributed by atoms with van der Waals surface area (Å²) in [6, 6.07) is 21.3. The summed E-state index contributed by atoms with van der Waals surface area (Å²) >= 11 is 0. The summed E-state index contributed by atoms with van der Waals surface area (Å²) in [5.74, 6) is 1.00. The minimum absolute atomic E-state index is 0.0155. The Morgan fingerprint density at radius 3 is 2.07 bits per heavy atom. The lowest BCUT2D eigenvalue weighted by Crippen LogP contribution is -2.14. The predicted octanol–water partition coefficient (Wildman–Crippen LogP) is 8.05. The molecule has 6 heteroatoms. The van der Waals surface area contributed by atoms with Crippen LogP contribution in [0, 0.1) is 5.92 Å². The van der Waals surface area contributed by atoms with Crippen LogP contribution in [0.1, 0.15) is 63.4 Å². The summed E-state index contributed by atoms with van der Waals surface area (Å²) in [4.78, 5) is 24.7. The zero-order valence-corrected chi connectivity index (χ0v) is 25.3. The van der Waals surface area contributed by atoms with Gasteiger partial charge in [0, 0.05) is 12.7 Å². The van der Waals surface area contributed by atoms with Crippen molar-refractivity contribution < 1.29 is 28.9 Å². The second-order valence-corrected chi connectivity index (χ2v) is 11.3. The number of benzene rings is 3. The molecule has 0 heterocycles. The van der Waals surface area contributed by atoms with Gasteiger partial charge in [-0.2, -0.15) is 0 Å². The van der Waals surface area contributed by atoms with Crippen molar-refractivity contribution in [3.05, 3.63) is 96.6 Å². The van der Waals surface area contributed by atoms with Crippen LogP contribution in [-0.4, -0.2) is 37.4 Å². The number of ether oxygens (including phenoxy) is 3. The summed E-state index contributed by atoms with van der Waals surface area (Å²) in [6.45, 7) is 9.16. The molecule has 6 nitrogen and oxygen atoms in total. The van der Waals surface area contributed by atoms with E-state index >= 15 is 0 Å². The van der Waals surface area contributed by atoms with Gasteiger partial charge < -0.3 is 19.3 Å². The first-order valence-electron chi connectivity index (χ1n) is 15.1. The van der Waals surface area contributed by atoms with Crippen LogP contribution in [0.25, 0.3) is 22.3 Å². The van der Waals surface area contributed by atoms with Gasteiger partial charge in [-0.1, -0.05) is 81.8 Å². The maximum atomic E-state index is 12.5. The summed E-state index contributed by atoms with van der Waals surface area (Å²) in [7, 11) is 1.49. The molecule has 1 saturated carbocycles. The number of esters is 2. The van der Waals surface area contributed by atoms with Gasteiger partial charge in [0.1, 0.15) is 11.5 Å². The normalized spacial score (nSPS) is 16.3. The van der Waals surface area contributed by atoms with E-state index < -0.39 is 18.5 Å². The minimum atomic E-state index is -0.672. The number of carbonyl (C=O) groups is 2. The number of aliphatic hydroxyl groups is 1. The molecule has 226 valence electrons. The number of unbranched alkanes of at least 4 members (excludes halogenated alkanes) is 1. The zero-order chi connectivity index (χ0) is 30.8. The van der Waals surface area contributed by atoms with Gasteiger partial charge in [-0.15, -0.1) is 0 Å². The molecule has 1 N–H and O–H groups in total. The van der Waals surface area contributed by atoms with E-state index in [-0.39, 0.29) is 17.8 Å². The van der Waals surface area contributed by atoms with Crippen molar-refractivity contribution in [3.63, 3.8) is 0 Å². The average Bonchev–Trinajstić information content (AvgIpc) is 3.04. The second kappa shape index (κ2) is 15.5. The fourth-order valence-electron chi connectivity index (χ4n) is 5.60. The van der Waals surface area contributed by atoms with E-state index in [0.29, 0.717) is 17.4 Å². The third-order valence-electron chi connectivity index (χ3n) is 8.17. The van der Waals surface area contributed by atoms with E-state index in [4.69, 9.17) is 14.2 Å². The lowest BCUT2D eigenvalue weighted by atomic mass is 9.77. The Morgan fingerprint density at radius 2 is 1.44 bits per heavy atom. The highest BCUT2D eigenvalue weighted by atomic mass is 16.5. The largest absolute Gasteiger partial charge is 0.423 e. The average molecular weight is 583 g/mol. The molecule has 1 aliphatic rings. The van der Waals surface area contributed by atoms with Crippen molar-refractivity contribution in [3.8, 4) is 33.8 Å². The van der Waals surface area contributed by atoms with Crippen LogP contribution >= 0.6 is 0 Å². The standard InChI is InChI=1S/C37H42O6/c1-5-6-7-27-8-10-28(11-9-27)29-12-14-31(15-13-29)34-22-32(18-21-35(34)43-36(39)25(2)23-38)30-16-19-33(20-17-30)42-37(40)26(3)24-41-4/h12-22,27-28,38H,2-3,5-11,23-24H2,1,4H3. The Bertz CT molecular complexity index is 1410. The monoisotopic (exact) mass is 582 g/mol. The highest BCUT2D eigenvalue weighted by Crippen LogP contribution is 2.40. The molecule has 0 amide bonds. The smallest absolute Gasteiger partial charge is 0.341 e. The quantitative estimate of drug-likeness (QED) is 0.125. The Balaban J connectivity index is 1.56. The van der Waals surface area contributed by atoms with Gasteiger partial charge in [-0.25, -0.2) is 9.59 Å². The molecule has 3 aromatic rings. The van der Waals surface area contributed by atoms with Gasteiger partial charge in [0.25, 0.3) is 0 Å². The van der Waals surface area contributed by atoms with Crippen molar-refractivity contribution >= 4 is 11.9 Å². The van der Waals surface area contributed by atoms with E-state index in [2.05, 4.69) is 44.3 Å². The molecule has 0 aromatic heterocycles. The van der Waals surface area contributed by atoms with Gasteiger partial charge in [-0.05, 0) is 84.0 Å². The van der Waals surface area contributed by atoms with Crippen LogP contribution in [0.2, 0.25) is 0 Å². The van der Waals surface area contributed by atoms with Crippen molar-refractivity contribution in [1.29, 1.82) is 0 Å². The molecule has 0 saturated heterocycles. The molecule has 0 unspecified atom stereocenters. The molecular formula is C37H42O6. The predicted molar refractivity (Wildman–Crippen MR) is 170 cm³/mol. The Labute approximate surface area is 255 Å². The van der Waals surface area contributed by atoms with E-state index in [1.165, 1.54) is 57.6 Å². The van der Waals surface area contributed by atoms with E-state index in [9.17, 15) is 14.7 Å². The summed E-state index contributed by atoms with van der Waals surface area (Å²) in [5, 5.41) is 9.37.